The lowest BCUT2D eigenvalue weighted by molar-refractivity contribution is -0.161. The van der Waals surface area contributed by atoms with Crippen LogP contribution in [0.15, 0.2) is 0 Å². The quantitative estimate of drug-likeness (QED) is 0.0392. The Kier molecular flexibility index (Phi) is 31.0. The minimum absolute atomic E-state index is 0.199. The molecule has 0 aromatic heterocycles. The Labute approximate surface area is 278 Å². The van der Waals surface area contributed by atoms with Gasteiger partial charge in [-0.3, -0.25) is 18.9 Å². The summed E-state index contributed by atoms with van der Waals surface area (Å²) < 4.78 is 26.2. The van der Waals surface area contributed by atoms with Crippen molar-refractivity contribution in [3.63, 3.8) is 0 Å². The van der Waals surface area contributed by atoms with Gasteiger partial charge in [0.1, 0.15) is 6.61 Å². The Morgan fingerprint density at radius 2 is 1.00 bits per heavy atom. The summed E-state index contributed by atoms with van der Waals surface area (Å²) in [6.45, 7) is 3.01. The first-order chi connectivity index (χ1) is 21.6. The maximum atomic E-state index is 12.3. The van der Waals surface area contributed by atoms with Crippen molar-refractivity contribution < 1.29 is 42.7 Å². The van der Waals surface area contributed by atoms with Crippen molar-refractivity contribution >= 4 is 36.6 Å². The van der Waals surface area contributed by atoms with Gasteiger partial charge in [0, 0.05) is 25.5 Å². The lowest BCUT2D eigenvalue weighted by Crippen LogP contribution is -2.29. The number of carbonyl (C=O) groups is 3. The topological polar surface area (TPSA) is 136 Å². The van der Waals surface area contributed by atoms with Gasteiger partial charge in [-0.2, -0.15) is 0 Å². The molecule has 0 aliphatic heterocycles. The summed E-state index contributed by atoms with van der Waals surface area (Å²) in [6.07, 6.45) is 25.9. The smallest absolute Gasteiger partial charge is 0.462 e. The van der Waals surface area contributed by atoms with E-state index >= 15 is 0 Å². The first kappa shape index (κ1) is 44.1. The van der Waals surface area contributed by atoms with Crippen LogP contribution in [-0.4, -0.2) is 51.9 Å². The fourth-order valence-corrected chi connectivity index (χ4v) is 6.08. The molecule has 0 radical (unpaired) electrons. The van der Waals surface area contributed by atoms with Crippen LogP contribution in [0.2, 0.25) is 0 Å². The molecule has 0 saturated carbocycles. The van der Waals surface area contributed by atoms with E-state index in [1.165, 1.54) is 102 Å². The Hall–Kier alpha value is -0.930. The summed E-state index contributed by atoms with van der Waals surface area (Å²) in [7, 11) is -4.75. The van der Waals surface area contributed by atoms with Gasteiger partial charge in [0.15, 0.2) is 11.2 Å². The fraction of sp³-hybridized carbons (Fsp3) is 0.912. The Morgan fingerprint density at radius 3 is 1.42 bits per heavy atom. The van der Waals surface area contributed by atoms with E-state index in [0.717, 1.165) is 50.7 Å². The van der Waals surface area contributed by atoms with Gasteiger partial charge in [0.2, 0.25) is 0 Å². The number of esters is 2. The maximum absolute atomic E-state index is 12.3. The van der Waals surface area contributed by atoms with Crippen molar-refractivity contribution in [1.29, 1.82) is 0 Å². The van der Waals surface area contributed by atoms with Crippen molar-refractivity contribution in [3.05, 3.63) is 0 Å². The number of phosphoric acid groups is 1. The normalized spacial score (nSPS) is 12.3. The molecular weight excluding hydrogens is 615 g/mol. The number of unbranched alkanes of at least 4 members (excludes halogenated alkanes) is 21. The third kappa shape index (κ3) is 35.8. The van der Waals surface area contributed by atoms with E-state index in [1.807, 2.05) is 0 Å². The minimum Gasteiger partial charge on any atom is -0.462 e. The van der Waals surface area contributed by atoms with Gasteiger partial charge >= 0.3 is 19.8 Å². The summed E-state index contributed by atoms with van der Waals surface area (Å²) in [5.41, 5.74) is 0. The summed E-state index contributed by atoms with van der Waals surface area (Å²) in [5, 5.41) is 0.199. The molecule has 0 aliphatic carbocycles. The zero-order valence-electron chi connectivity index (χ0n) is 28.5. The van der Waals surface area contributed by atoms with Crippen LogP contribution in [0.1, 0.15) is 174 Å². The van der Waals surface area contributed by atoms with Crippen LogP contribution in [0.25, 0.3) is 0 Å². The SMILES string of the molecule is CCCCCCCCCCCCCCC(=O)O[C@H](COC(=O)CCCCCCCCCCCCCSC(C)=O)COP(=O)(O)O. The minimum atomic E-state index is -4.75. The molecule has 2 N–H and O–H groups in total. The lowest BCUT2D eigenvalue weighted by atomic mass is 10.0. The van der Waals surface area contributed by atoms with Gasteiger partial charge in [-0.15, -0.1) is 0 Å². The molecule has 0 aromatic carbocycles. The van der Waals surface area contributed by atoms with Crippen LogP contribution in [0.4, 0.5) is 0 Å². The van der Waals surface area contributed by atoms with Crippen molar-refractivity contribution in [2.24, 2.45) is 0 Å². The van der Waals surface area contributed by atoms with Gasteiger partial charge in [-0.1, -0.05) is 147 Å². The molecule has 0 unspecified atom stereocenters. The van der Waals surface area contributed by atoms with Crippen LogP contribution >= 0.6 is 19.6 Å². The molecule has 11 heteroatoms. The molecule has 0 heterocycles. The molecule has 0 saturated heterocycles. The average molecular weight is 681 g/mol. The first-order valence-corrected chi connectivity index (χ1v) is 20.3. The summed E-state index contributed by atoms with van der Waals surface area (Å²) >= 11 is 1.41. The van der Waals surface area contributed by atoms with E-state index in [9.17, 15) is 18.9 Å². The monoisotopic (exact) mass is 680 g/mol. The Morgan fingerprint density at radius 1 is 0.600 bits per heavy atom. The number of hydrogen-bond acceptors (Lipinski definition) is 8. The van der Waals surface area contributed by atoms with Gasteiger partial charge < -0.3 is 19.3 Å². The second-order valence-electron chi connectivity index (χ2n) is 12.2. The van der Waals surface area contributed by atoms with E-state index in [1.54, 1.807) is 6.92 Å². The zero-order chi connectivity index (χ0) is 33.4. The molecule has 0 aliphatic rings. The Balaban J connectivity index is 3.93. The molecule has 0 fully saturated rings. The van der Waals surface area contributed by atoms with E-state index in [4.69, 9.17) is 19.3 Å². The standard InChI is InChI=1S/C34H65O9PS/c1-3-4-5-6-7-8-9-11-15-18-21-24-27-34(37)43-32(30-42-44(38,39)40)29-41-33(36)26-23-20-17-14-12-10-13-16-19-22-25-28-45-31(2)35/h32H,3-30H2,1-2H3,(H2,38,39,40)/t32-/m1/s1. The molecule has 0 bridgehead atoms. The first-order valence-electron chi connectivity index (χ1n) is 17.8. The molecule has 45 heavy (non-hydrogen) atoms. The second-order valence-corrected chi connectivity index (χ2v) is 14.7. The van der Waals surface area contributed by atoms with Crippen molar-refractivity contribution in [3.8, 4) is 0 Å². The highest BCUT2D eigenvalue weighted by atomic mass is 32.2. The molecule has 0 spiro atoms. The summed E-state index contributed by atoms with van der Waals surface area (Å²) in [5.74, 6) is 0.0256. The van der Waals surface area contributed by atoms with Crippen molar-refractivity contribution in [2.75, 3.05) is 19.0 Å². The summed E-state index contributed by atoms with van der Waals surface area (Å²) in [6, 6.07) is 0. The zero-order valence-corrected chi connectivity index (χ0v) is 30.2. The van der Waals surface area contributed by atoms with E-state index in [-0.39, 0.29) is 24.6 Å². The third-order valence-electron chi connectivity index (χ3n) is 7.72. The van der Waals surface area contributed by atoms with Gasteiger partial charge in [0.25, 0.3) is 0 Å². The average Bonchev–Trinajstić information content (AvgIpc) is 2.98. The number of ether oxygens (including phenoxy) is 2. The van der Waals surface area contributed by atoms with Gasteiger partial charge in [-0.05, 0) is 19.3 Å². The van der Waals surface area contributed by atoms with E-state index in [0.29, 0.717) is 12.8 Å². The number of carbonyl (C=O) groups excluding carboxylic acids is 3. The van der Waals surface area contributed by atoms with Crippen LogP contribution in [-0.2, 0) is 32.9 Å². The molecule has 0 rings (SSSR count). The van der Waals surface area contributed by atoms with Gasteiger partial charge in [0.05, 0.1) is 6.61 Å². The van der Waals surface area contributed by atoms with Crippen LogP contribution in [0.3, 0.4) is 0 Å². The van der Waals surface area contributed by atoms with Crippen LogP contribution in [0, 0.1) is 0 Å². The Bertz CT molecular complexity index is 775. The predicted molar refractivity (Wildman–Crippen MR) is 183 cm³/mol. The molecule has 0 amide bonds. The van der Waals surface area contributed by atoms with Crippen molar-refractivity contribution in [1.82, 2.24) is 0 Å². The molecule has 0 aromatic rings. The van der Waals surface area contributed by atoms with E-state index in [2.05, 4.69) is 11.4 Å². The van der Waals surface area contributed by atoms with Crippen LogP contribution in [0.5, 0.6) is 0 Å². The molecule has 1 atom stereocenters. The second kappa shape index (κ2) is 31.7. The van der Waals surface area contributed by atoms with Crippen LogP contribution < -0.4 is 0 Å². The van der Waals surface area contributed by atoms with Gasteiger partial charge in [-0.25, -0.2) is 4.57 Å². The maximum Gasteiger partial charge on any atom is 0.469 e. The number of hydrogen-bond donors (Lipinski definition) is 2. The number of rotatable bonds is 33. The molecule has 9 nitrogen and oxygen atoms in total. The summed E-state index contributed by atoms with van der Waals surface area (Å²) in [4.78, 5) is 53.5. The third-order valence-corrected chi connectivity index (χ3v) is 9.11. The molecular formula is C34H65O9PS. The highest BCUT2D eigenvalue weighted by Crippen LogP contribution is 2.36. The predicted octanol–water partition coefficient (Wildman–Crippen LogP) is 9.60. The largest absolute Gasteiger partial charge is 0.469 e. The highest BCUT2D eigenvalue weighted by Gasteiger charge is 2.22. The number of phosphoric ester groups is 1. The number of thioether (sulfide) groups is 1. The van der Waals surface area contributed by atoms with Crippen molar-refractivity contribution in [2.45, 2.75) is 180 Å². The molecule has 266 valence electrons. The highest BCUT2D eigenvalue weighted by molar-refractivity contribution is 8.13. The fourth-order valence-electron chi connectivity index (χ4n) is 5.09. The lowest BCUT2D eigenvalue weighted by Gasteiger charge is -2.18. The van der Waals surface area contributed by atoms with E-state index < -0.39 is 32.5 Å².